The molecule has 4 heteroatoms. The molecule has 0 spiro atoms. The van der Waals surface area contributed by atoms with Gasteiger partial charge >= 0.3 is 0 Å². The average Bonchev–Trinajstić information content (AvgIpc) is 3.03. The summed E-state index contributed by atoms with van der Waals surface area (Å²) in [7, 11) is 1.00. The van der Waals surface area contributed by atoms with E-state index in [0.29, 0.717) is 6.42 Å². The van der Waals surface area contributed by atoms with Crippen LogP contribution in [0, 0.1) is 5.82 Å². The Balaban J connectivity index is 0.000000924. The largest absolute Gasteiger partial charge is 0.400 e. The summed E-state index contributed by atoms with van der Waals surface area (Å²) in [5.41, 5.74) is 2.18. The molecule has 1 saturated heterocycles. The van der Waals surface area contributed by atoms with Crippen LogP contribution in [0.3, 0.4) is 0 Å². The highest BCUT2D eigenvalue weighted by molar-refractivity contribution is 5.78. The first-order valence-corrected chi connectivity index (χ1v) is 7.77. The molecule has 2 aromatic carbocycles. The number of carbonyl (C=O) groups excluding carboxylic acids is 1. The molecule has 2 aromatic rings. The predicted molar refractivity (Wildman–Crippen MR) is 88.4 cm³/mol. The molecule has 1 fully saturated rings. The number of carbonyl (C=O) groups is 1. The van der Waals surface area contributed by atoms with Crippen molar-refractivity contribution in [2.24, 2.45) is 0 Å². The summed E-state index contributed by atoms with van der Waals surface area (Å²) in [5, 5.41) is 7.00. The van der Waals surface area contributed by atoms with Gasteiger partial charge in [-0.3, -0.25) is 4.79 Å². The number of aliphatic hydroxyl groups is 1. The second-order valence-electron chi connectivity index (χ2n) is 5.45. The highest BCUT2D eigenvalue weighted by atomic mass is 19.1. The number of amides is 1. The maximum atomic E-state index is 13.0. The number of hydrogen-bond donors (Lipinski definition) is 1. The van der Waals surface area contributed by atoms with E-state index < -0.39 is 0 Å². The van der Waals surface area contributed by atoms with Gasteiger partial charge in [0.05, 0.1) is 6.04 Å². The van der Waals surface area contributed by atoms with E-state index in [1.165, 1.54) is 12.1 Å². The molecule has 1 N–H and O–H groups in total. The van der Waals surface area contributed by atoms with Crippen LogP contribution in [0.25, 0.3) is 0 Å². The molecule has 1 aliphatic heterocycles. The van der Waals surface area contributed by atoms with Gasteiger partial charge < -0.3 is 10.0 Å². The molecule has 0 aromatic heterocycles. The van der Waals surface area contributed by atoms with E-state index in [1.807, 2.05) is 23.1 Å². The van der Waals surface area contributed by atoms with Gasteiger partial charge in [0, 0.05) is 20.1 Å². The fourth-order valence-electron chi connectivity index (χ4n) is 2.93. The van der Waals surface area contributed by atoms with Crippen molar-refractivity contribution >= 4 is 5.91 Å². The van der Waals surface area contributed by atoms with E-state index in [4.69, 9.17) is 5.11 Å². The molecule has 0 radical (unpaired) electrons. The van der Waals surface area contributed by atoms with Crippen molar-refractivity contribution in [2.75, 3.05) is 13.7 Å². The zero-order chi connectivity index (χ0) is 16.7. The van der Waals surface area contributed by atoms with Crippen molar-refractivity contribution in [2.45, 2.75) is 25.3 Å². The fourth-order valence-corrected chi connectivity index (χ4v) is 2.93. The van der Waals surface area contributed by atoms with E-state index in [1.54, 1.807) is 12.1 Å². The molecule has 3 nitrogen and oxygen atoms in total. The molecule has 3 rings (SSSR count). The van der Waals surface area contributed by atoms with Crippen LogP contribution in [0.1, 0.15) is 30.0 Å². The van der Waals surface area contributed by atoms with Gasteiger partial charge in [0.15, 0.2) is 0 Å². The number of rotatable bonds is 4. The van der Waals surface area contributed by atoms with Gasteiger partial charge in [-0.05, 0) is 36.1 Å². The summed E-state index contributed by atoms with van der Waals surface area (Å²) < 4.78 is 13.0. The minimum atomic E-state index is -0.229. The Labute approximate surface area is 136 Å². The molecule has 1 amide bonds. The van der Waals surface area contributed by atoms with Gasteiger partial charge in [-0.15, -0.1) is 0 Å². The topological polar surface area (TPSA) is 40.5 Å². The van der Waals surface area contributed by atoms with Crippen molar-refractivity contribution in [3.63, 3.8) is 0 Å². The second-order valence-corrected chi connectivity index (χ2v) is 5.45. The van der Waals surface area contributed by atoms with E-state index in [-0.39, 0.29) is 17.8 Å². The lowest BCUT2D eigenvalue weighted by molar-refractivity contribution is -0.129. The summed E-state index contributed by atoms with van der Waals surface area (Å²) in [6, 6.07) is 16.7. The Bertz CT molecular complexity index is 613. The highest BCUT2D eigenvalue weighted by Gasteiger charge is 2.28. The van der Waals surface area contributed by atoms with Crippen LogP contribution in [0.5, 0.6) is 0 Å². The van der Waals surface area contributed by atoms with Gasteiger partial charge in [-0.25, -0.2) is 4.39 Å². The van der Waals surface area contributed by atoms with Crippen LogP contribution in [0.15, 0.2) is 54.6 Å². The second kappa shape index (κ2) is 8.44. The summed E-state index contributed by atoms with van der Waals surface area (Å²) >= 11 is 0. The monoisotopic (exact) mass is 315 g/mol. The van der Waals surface area contributed by atoms with Crippen molar-refractivity contribution < 1.29 is 14.3 Å². The lowest BCUT2D eigenvalue weighted by Crippen LogP contribution is -2.31. The van der Waals surface area contributed by atoms with E-state index in [2.05, 4.69) is 12.1 Å². The quantitative estimate of drug-likeness (QED) is 0.940. The lowest BCUT2D eigenvalue weighted by atomic mass is 9.97. The molecule has 0 aliphatic carbocycles. The predicted octanol–water partition coefficient (Wildman–Crippen LogP) is 3.34. The summed E-state index contributed by atoms with van der Waals surface area (Å²) in [6.45, 7) is 0.805. The minimum absolute atomic E-state index is 0.0339. The fraction of sp³-hybridized carbons (Fsp3) is 0.316. The van der Waals surface area contributed by atoms with Gasteiger partial charge in [0.25, 0.3) is 0 Å². The molecule has 0 bridgehead atoms. The van der Waals surface area contributed by atoms with Crippen LogP contribution in [-0.4, -0.2) is 29.6 Å². The van der Waals surface area contributed by atoms with Gasteiger partial charge in [0.1, 0.15) is 5.82 Å². The highest BCUT2D eigenvalue weighted by Crippen LogP contribution is 2.29. The summed E-state index contributed by atoms with van der Waals surface area (Å²) in [4.78, 5) is 14.1. The molecule has 1 heterocycles. The Kier molecular flexibility index (Phi) is 6.29. The van der Waals surface area contributed by atoms with Crippen LogP contribution in [0.2, 0.25) is 0 Å². The zero-order valence-corrected chi connectivity index (χ0v) is 13.3. The molecular formula is C19H22FNO2. The third-order valence-corrected chi connectivity index (χ3v) is 4.01. The maximum Gasteiger partial charge on any atom is 0.223 e. The van der Waals surface area contributed by atoms with E-state index in [9.17, 15) is 9.18 Å². The molecule has 1 unspecified atom stereocenters. The third kappa shape index (κ3) is 4.39. The number of nitrogens with zero attached hydrogens (tertiary/aromatic N) is 1. The molecule has 1 aliphatic rings. The van der Waals surface area contributed by atoms with Crippen molar-refractivity contribution in [1.29, 1.82) is 0 Å². The number of aliphatic hydroxyl groups excluding tert-OH is 1. The number of hydrogen-bond acceptors (Lipinski definition) is 2. The first-order valence-electron chi connectivity index (χ1n) is 7.77. The minimum Gasteiger partial charge on any atom is -0.400 e. The average molecular weight is 315 g/mol. The Morgan fingerprint density at radius 2 is 1.74 bits per heavy atom. The number of halogens is 1. The van der Waals surface area contributed by atoms with Crippen LogP contribution >= 0.6 is 0 Å². The smallest absolute Gasteiger partial charge is 0.223 e. The molecule has 0 saturated carbocycles. The SMILES string of the molecule is CO.O=C1CCCN1C(Cc1ccc(F)cc1)c1ccccc1. The molecule has 23 heavy (non-hydrogen) atoms. The van der Waals surface area contributed by atoms with Crippen LogP contribution < -0.4 is 0 Å². The first kappa shape index (κ1) is 17.2. The van der Waals surface area contributed by atoms with Crippen molar-refractivity contribution in [3.8, 4) is 0 Å². The van der Waals surface area contributed by atoms with Crippen LogP contribution in [0.4, 0.5) is 4.39 Å². The van der Waals surface area contributed by atoms with E-state index >= 15 is 0 Å². The van der Waals surface area contributed by atoms with Gasteiger partial charge in [-0.2, -0.15) is 0 Å². The van der Waals surface area contributed by atoms with Gasteiger partial charge in [-0.1, -0.05) is 42.5 Å². The molecule has 1 atom stereocenters. The lowest BCUT2D eigenvalue weighted by Gasteiger charge is -2.28. The van der Waals surface area contributed by atoms with Gasteiger partial charge in [0.2, 0.25) is 5.91 Å². The van der Waals surface area contributed by atoms with Crippen LogP contribution in [-0.2, 0) is 11.2 Å². The zero-order valence-electron chi connectivity index (χ0n) is 13.3. The van der Waals surface area contributed by atoms with E-state index in [0.717, 1.165) is 37.6 Å². The third-order valence-electron chi connectivity index (χ3n) is 4.01. The van der Waals surface area contributed by atoms with Crippen molar-refractivity contribution in [3.05, 3.63) is 71.5 Å². The molecular weight excluding hydrogens is 293 g/mol. The normalized spacial score (nSPS) is 15.1. The number of benzene rings is 2. The summed E-state index contributed by atoms with van der Waals surface area (Å²) in [6.07, 6.45) is 2.27. The standard InChI is InChI=1S/C18H18FNO.CH4O/c19-16-10-8-14(9-11-16)13-17(15-5-2-1-3-6-15)20-12-4-7-18(20)21;1-2/h1-3,5-6,8-11,17H,4,7,12-13H2;2H,1H3. The van der Waals surface area contributed by atoms with Crippen molar-refractivity contribution in [1.82, 2.24) is 4.90 Å². The first-order chi connectivity index (χ1) is 11.2. The number of likely N-dealkylation sites (tertiary alicyclic amines) is 1. The Hall–Kier alpha value is -2.20. The maximum absolute atomic E-state index is 13.0. The Morgan fingerprint density at radius 1 is 1.09 bits per heavy atom. The Morgan fingerprint density at radius 3 is 2.30 bits per heavy atom. The summed E-state index contributed by atoms with van der Waals surface area (Å²) in [5.74, 6) is -0.0155. The molecule has 122 valence electrons.